The highest BCUT2D eigenvalue weighted by atomic mass is 16.3. The summed E-state index contributed by atoms with van der Waals surface area (Å²) in [5, 5.41) is 10.0. The second kappa shape index (κ2) is 5.85. The Hall–Kier alpha value is -0.570. The number of hydrogen-bond acceptors (Lipinski definition) is 2. The number of aliphatic hydroxyl groups is 1. The van der Waals surface area contributed by atoms with E-state index in [2.05, 4.69) is 13.8 Å². The van der Waals surface area contributed by atoms with Crippen molar-refractivity contribution in [2.24, 2.45) is 23.0 Å². The lowest BCUT2D eigenvalue weighted by molar-refractivity contribution is -0.138. The molecule has 1 aliphatic rings. The van der Waals surface area contributed by atoms with Crippen molar-refractivity contribution in [2.75, 3.05) is 0 Å². The summed E-state index contributed by atoms with van der Waals surface area (Å²) < 4.78 is 0. The van der Waals surface area contributed by atoms with Crippen molar-refractivity contribution >= 4 is 5.91 Å². The van der Waals surface area contributed by atoms with E-state index in [1.165, 1.54) is 6.42 Å². The van der Waals surface area contributed by atoms with Crippen LogP contribution < -0.4 is 5.73 Å². The number of nitrogens with two attached hydrogens (primary N) is 1. The van der Waals surface area contributed by atoms with Gasteiger partial charge in [-0.15, -0.1) is 0 Å². The lowest BCUT2D eigenvalue weighted by atomic mass is 9.62. The minimum atomic E-state index is -0.462. The lowest BCUT2D eigenvalue weighted by Gasteiger charge is -2.43. The summed E-state index contributed by atoms with van der Waals surface area (Å²) in [6, 6.07) is 0. The quantitative estimate of drug-likeness (QED) is 0.776. The summed E-state index contributed by atoms with van der Waals surface area (Å²) in [7, 11) is 0. The summed E-state index contributed by atoms with van der Waals surface area (Å²) in [6.07, 6.45) is 5.43. The Morgan fingerprint density at radius 1 is 1.24 bits per heavy atom. The molecule has 1 aliphatic carbocycles. The Labute approximate surface area is 105 Å². The van der Waals surface area contributed by atoms with Gasteiger partial charge in [-0.2, -0.15) is 0 Å². The molecule has 1 fully saturated rings. The molecule has 100 valence electrons. The maximum absolute atomic E-state index is 11.9. The maximum Gasteiger partial charge on any atom is 0.224 e. The van der Waals surface area contributed by atoms with Crippen LogP contribution in [0.2, 0.25) is 0 Å². The third kappa shape index (κ3) is 3.21. The number of primary amides is 1. The maximum atomic E-state index is 11.9. The molecule has 17 heavy (non-hydrogen) atoms. The van der Waals surface area contributed by atoms with Gasteiger partial charge in [-0.05, 0) is 38.0 Å². The van der Waals surface area contributed by atoms with Crippen LogP contribution in [0.15, 0.2) is 0 Å². The molecule has 0 spiro atoms. The standard InChI is InChI=1S/C14H27NO2/c1-10(2)9-12(11(3)16)14(13(15)17)7-5-4-6-8-14/h10-12,16H,4-9H2,1-3H3,(H2,15,17). The molecule has 1 saturated carbocycles. The van der Waals surface area contributed by atoms with Crippen molar-refractivity contribution in [2.45, 2.75) is 65.4 Å². The summed E-state index contributed by atoms with van der Waals surface area (Å²) >= 11 is 0. The first-order chi connectivity index (χ1) is 7.90. The highest BCUT2D eigenvalue weighted by Crippen LogP contribution is 2.46. The third-order valence-electron chi connectivity index (χ3n) is 4.25. The zero-order valence-electron chi connectivity index (χ0n) is 11.4. The molecule has 3 N–H and O–H groups in total. The van der Waals surface area contributed by atoms with Crippen LogP contribution in [0, 0.1) is 17.3 Å². The van der Waals surface area contributed by atoms with E-state index < -0.39 is 11.5 Å². The molecule has 0 bridgehead atoms. The van der Waals surface area contributed by atoms with Crippen LogP contribution in [0.5, 0.6) is 0 Å². The number of amides is 1. The van der Waals surface area contributed by atoms with Crippen LogP contribution in [0.25, 0.3) is 0 Å². The summed E-state index contributed by atoms with van der Waals surface area (Å²) in [4.78, 5) is 11.9. The van der Waals surface area contributed by atoms with Crippen LogP contribution >= 0.6 is 0 Å². The molecule has 0 heterocycles. The fourth-order valence-electron chi connectivity index (χ4n) is 3.37. The number of hydrogen-bond donors (Lipinski definition) is 2. The van der Waals surface area contributed by atoms with Crippen molar-refractivity contribution in [3.8, 4) is 0 Å². The summed E-state index contributed by atoms with van der Waals surface area (Å²) in [5.41, 5.74) is 5.20. The van der Waals surface area contributed by atoms with Crippen molar-refractivity contribution in [3.05, 3.63) is 0 Å². The van der Waals surface area contributed by atoms with E-state index in [1.807, 2.05) is 0 Å². The second-order valence-corrected chi connectivity index (χ2v) is 6.06. The molecule has 2 unspecified atom stereocenters. The van der Waals surface area contributed by atoms with Gasteiger partial charge in [-0.1, -0.05) is 33.1 Å². The Balaban J connectivity index is 2.95. The normalized spacial score (nSPS) is 23.4. The lowest BCUT2D eigenvalue weighted by Crippen LogP contribution is -2.48. The van der Waals surface area contributed by atoms with Gasteiger partial charge in [0.1, 0.15) is 0 Å². The van der Waals surface area contributed by atoms with Gasteiger partial charge < -0.3 is 10.8 Å². The van der Waals surface area contributed by atoms with E-state index in [4.69, 9.17) is 5.73 Å². The van der Waals surface area contributed by atoms with Crippen molar-refractivity contribution in [1.82, 2.24) is 0 Å². The Morgan fingerprint density at radius 2 is 1.76 bits per heavy atom. The van der Waals surface area contributed by atoms with Gasteiger partial charge in [-0.3, -0.25) is 4.79 Å². The fourth-order valence-corrected chi connectivity index (χ4v) is 3.37. The molecule has 3 heteroatoms. The average molecular weight is 241 g/mol. The van der Waals surface area contributed by atoms with Crippen molar-refractivity contribution < 1.29 is 9.90 Å². The second-order valence-electron chi connectivity index (χ2n) is 6.06. The fraction of sp³-hybridized carbons (Fsp3) is 0.929. The monoisotopic (exact) mass is 241 g/mol. The highest BCUT2D eigenvalue weighted by molar-refractivity contribution is 5.81. The molecular weight excluding hydrogens is 214 g/mol. The third-order valence-corrected chi connectivity index (χ3v) is 4.25. The largest absolute Gasteiger partial charge is 0.393 e. The first-order valence-electron chi connectivity index (χ1n) is 6.88. The number of rotatable bonds is 5. The molecule has 1 amide bonds. The van der Waals surface area contributed by atoms with Crippen molar-refractivity contribution in [1.29, 1.82) is 0 Å². The first kappa shape index (κ1) is 14.5. The van der Waals surface area contributed by atoms with E-state index >= 15 is 0 Å². The van der Waals surface area contributed by atoms with E-state index in [1.54, 1.807) is 6.92 Å². The van der Waals surface area contributed by atoms with Gasteiger partial charge in [0.05, 0.1) is 11.5 Å². The van der Waals surface area contributed by atoms with Crippen LogP contribution in [0.1, 0.15) is 59.3 Å². The summed E-state index contributed by atoms with van der Waals surface area (Å²) in [6.45, 7) is 6.06. The molecule has 0 radical (unpaired) electrons. The molecule has 1 rings (SSSR count). The zero-order valence-corrected chi connectivity index (χ0v) is 11.4. The minimum Gasteiger partial charge on any atom is -0.393 e. The molecule has 0 aliphatic heterocycles. The topological polar surface area (TPSA) is 63.3 Å². The predicted octanol–water partition coefficient (Wildman–Crippen LogP) is 2.47. The summed E-state index contributed by atoms with van der Waals surface area (Å²) in [5.74, 6) is 0.289. The average Bonchev–Trinajstić information content (AvgIpc) is 2.26. The SMILES string of the molecule is CC(C)CC(C(C)O)C1(C(N)=O)CCCCC1. The van der Waals surface area contributed by atoms with E-state index in [0.29, 0.717) is 5.92 Å². The van der Waals surface area contributed by atoms with Gasteiger partial charge in [0.2, 0.25) is 5.91 Å². The smallest absolute Gasteiger partial charge is 0.224 e. The number of aliphatic hydroxyl groups excluding tert-OH is 1. The zero-order chi connectivity index (χ0) is 13.1. The minimum absolute atomic E-state index is 0.0142. The number of carbonyl (C=O) groups is 1. The van der Waals surface area contributed by atoms with Crippen molar-refractivity contribution in [3.63, 3.8) is 0 Å². The Bertz CT molecular complexity index is 255. The van der Waals surface area contributed by atoms with Crippen LogP contribution in [0.4, 0.5) is 0 Å². The predicted molar refractivity (Wildman–Crippen MR) is 69.3 cm³/mol. The number of carbonyl (C=O) groups excluding carboxylic acids is 1. The Kier molecular flexibility index (Phi) is 4.99. The van der Waals surface area contributed by atoms with Gasteiger partial charge in [0.25, 0.3) is 0 Å². The van der Waals surface area contributed by atoms with E-state index in [9.17, 15) is 9.90 Å². The van der Waals surface area contributed by atoms with E-state index in [0.717, 1.165) is 32.1 Å². The van der Waals surface area contributed by atoms with E-state index in [-0.39, 0.29) is 11.8 Å². The molecule has 3 nitrogen and oxygen atoms in total. The van der Waals surface area contributed by atoms with Crippen LogP contribution in [-0.2, 0) is 4.79 Å². The van der Waals surface area contributed by atoms with Gasteiger partial charge in [-0.25, -0.2) is 0 Å². The Morgan fingerprint density at radius 3 is 2.12 bits per heavy atom. The van der Waals surface area contributed by atoms with Gasteiger partial charge >= 0.3 is 0 Å². The molecule has 0 aromatic rings. The molecule has 2 atom stereocenters. The van der Waals surface area contributed by atoms with Crippen LogP contribution in [0.3, 0.4) is 0 Å². The van der Waals surface area contributed by atoms with Gasteiger partial charge in [0, 0.05) is 0 Å². The molecule has 0 aromatic heterocycles. The molecular formula is C14H27NO2. The van der Waals surface area contributed by atoms with Crippen LogP contribution in [-0.4, -0.2) is 17.1 Å². The van der Waals surface area contributed by atoms with Gasteiger partial charge in [0.15, 0.2) is 0 Å². The molecule has 0 aromatic carbocycles. The highest BCUT2D eigenvalue weighted by Gasteiger charge is 2.46. The first-order valence-corrected chi connectivity index (χ1v) is 6.88. The molecule has 0 saturated heterocycles.